The second-order valence-corrected chi connectivity index (χ2v) is 5.88. The Hall–Kier alpha value is -3.32. The van der Waals surface area contributed by atoms with E-state index in [0.29, 0.717) is 33.7 Å². The molecule has 0 aliphatic heterocycles. The molecule has 0 saturated heterocycles. The van der Waals surface area contributed by atoms with Crippen molar-refractivity contribution in [3.8, 4) is 11.5 Å². The van der Waals surface area contributed by atoms with Gasteiger partial charge in [-0.3, -0.25) is 4.79 Å². The van der Waals surface area contributed by atoms with Gasteiger partial charge in [-0.1, -0.05) is 11.6 Å². The number of halogens is 1. The highest BCUT2D eigenvalue weighted by Gasteiger charge is 2.11. The van der Waals surface area contributed by atoms with Gasteiger partial charge in [-0.2, -0.15) is 0 Å². The van der Waals surface area contributed by atoms with Gasteiger partial charge in [0.2, 0.25) is 0 Å². The molecule has 0 unspecified atom stereocenters. The number of ether oxygens (including phenoxy) is 2. The first-order valence-corrected chi connectivity index (χ1v) is 8.35. The van der Waals surface area contributed by atoms with Crippen LogP contribution >= 0.6 is 11.6 Å². The van der Waals surface area contributed by atoms with Gasteiger partial charge in [0.05, 0.1) is 19.9 Å². The Morgan fingerprint density at radius 1 is 1.00 bits per heavy atom. The Morgan fingerprint density at radius 3 is 2.48 bits per heavy atom. The fraction of sp³-hybridized carbons (Fsp3) is 0.105. The predicted molar refractivity (Wildman–Crippen MR) is 104 cm³/mol. The summed E-state index contributed by atoms with van der Waals surface area (Å²) in [4.78, 5) is 20.6. The number of rotatable bonds is 6. The Bertz CT molecular complexity index is 948. The van der Waals surface area contributed by atoms with Crippen molar-refractivity contribution in [1.29, 1.82) is 0 Å². The zero-order valence-electron chi connectivity index (χ0n) is 14.7. The molecule has 0 radical (unpaired) electrons. The quantitative estimate of drug-likeness (QED) is 0.664. The van der Waals surface area contributed by atoms with Crippen molar-refractivity contribution in [3.05, 3.63) is 65.6 Å². The summed E-state index contributed by atoms with van der Waals surface area (Å²) in [7, 11) is 3.14. The number of nitrogens with one attached hydrogen (secondary N) is 2. The number of anilines is 3. The topological polar surface area (TPSA) is 85.4 Å². The molecule has 0 fully saturated rings. The van der Waals surface area contributed by atoms with Crippen LogP contribution in [0.5, 0.6) is 11.5 Å². The van der Waals surface area contributed by atoms with Crippen molar-refractivity contribution in [2.75, 3.05) is 24.9 Å². The van der Waals surface area contributed by atoms with E-state index in [1.165, 1.54) is 6.33 Å². The lowest BCUT2D eigenvalue weighted by Crippen LogP contribution is -2.14. The van der Waals surface area contributed by atoms with E-state index >= 15 is 0 Å². The van der Waals surface area contributed by atoms with Gasteiger partial charge in [0, 0.05) is 22.8 Å². The monoisotopic (exact) mass is 384 g/mol. The normalized spacial score (nSPS) is 10.2. The summed E-state index contributed by atoms with van der Waals surface area (Å²) in [5.74, 6) is 1.35. The molecule has 1 aromatic heterocycles. The maximum Gasteiger partial charge on any atom is 0.274 e. The highest BCUT2D eigenvalue weighted by atomic mass is 35.5. The van der Waals surface area contributed by atoms with Gasteiger partial charge in [-0.25, -0.2) is 9.97 Å². The van der Waals surface area contributed by atoms with Gasteiger partial charge in [-0.15, -0.1) is 0 Å². The van der Waals surface area contributed by atoms with E-state index in [2.05, 4.69) is 20.6 Å². The molecule has 2 aromatic carbocycles. The first kappa shape index (κ1) is 18.5. The first-order valence-electron chi connectivity index (χ1n) is 7.97. The van der Waals surface area contributed by atoms with Crippen LogP contribution in [0.1, 0.15) is 10.5 Å². The van der Waals surface area contributed by atoms with E-state index in [-0.39, 0.29) is 11.6 Å². The standard InChI is InChI=1S/C19H17ClN4O3/c1-26-14-7-8-15(17(9-14)27-2)24-18-10-16(21-11-22-18)19(25)23-13-5-3-12(20)4-6-13/h3-11H,1-2H3,(H,23,25)(H,21,22,24). The smallest absolute Gasteiger partial charge is 0.274 e. The highest BCUT2D eigenvalue weighted by Crippen LogP contribution is 2.31. The number of carbonyl (C=O) groups is 1. The van der Waals surface area contributed by atoms with E-state index in [0.717, 1.165) is 0 Å². The second kappa shape index (κ2) is 8.37. The molecule has 0 aliphatic rings. The Kier molecular flexibility index (Phi) is 5.73. The van der Waals surface area contributed by atoms with E-state index in [1.807, 2.05) is 0 Å². The molecule has 0 spiro atoms. The second-order valence-electron chi connectivity index (χ2n) is 5.44. The minimum absolute atomic E-state index is 0.218. The summed E-state index contributed by atoms with van der Waals surface area (Å²) >= 11 is 5.85. The third-order valence-corrected chi connectivity index (χ3v) is 3.93. The molecule has 1 amide bonds. The van der Waals surface area contributed by atoms with Crippen LogP contribution in [-0.4, -0.2) is 30.1 Å². The van der Waals surface area contributed by atoms with Crippen LogP contribution in [0.25, 0.3) is 0 Å². The molecular weight excluding hydrogens is 368 g/mol. The molecule has 27 heavy (non-hydrogen) atoms. The molecular formula is C19H17ClN4O3. The minimum atomic E-state index is -0.357. The van der Waals surface area contributed by atoms with Crippen LogP contribution in [0.3, 0.4) is 0 Å². The number of carbonyl (C=O) groups excluding carboxylic acids is 1. The first-order chi connectivity index (χ1) is 13.1. The maximum atomic E-state index is 12.4. The number of amides is 1. The summed E-state index contributed by atoms with van der Waals surface area (Å²) in [6.07, 6.45) is 1.31. The number of benzene rings is 2. The van der Waals surface area contributed by atoms with E-state index < -0.39 is 0 Å². The van der Waals surface area contributed by atoms with Crippen LogP contribution in [0.4, 0.5) is 17.2 Å². The number of hydrogen-bond donors (Lipinski definition) is 2. The van der Waals surface area contributed by atoms with Crippen molar-refractivity contribution in [1.82, 2.24) is 9.97 Å². The Labute approximate surface area is 161 Å². The molecule has 2 N–H and O–H groups in total. The van der Waals surface area contributed by atoms with Crippen molar-refractivity contribution in [2.24, 2.45) is 0 Å². The third kappa shape index (κ3) is 4.65. The number of methoxy groups -OCH3 is 2. The van der Waals surface area contributed by atoms with Crippen molar-refractivity contribution >= 4 is 34.7 Å². The molecule has 138 valence electrons. The lowest BCUT2D eigenvalue weighted by atomic mass is 10.2. The Balaban J connectivity index is 1.77. The number of aromatic nitrogens is 2. The molecule has 0 aliphatic carbocycles. The van der Waals surface area contributed by atoms with E-state index in [9.17, 15) is 4.79 Å². The van der Waals surface area contributed by atoms with Crippen LogP contribution in [-0.2, 0) is 0 Å². The van der Waals surface area contributed by atoms with E-state index in [1.54, 1.807) is 62.8 Å². The largest absolute Gasteiger partial charge is 0.497 e. The molecule has 7 nitrogen and oxygen atoms in total. The highest BCUT2D eigenvalue weighted by molar-refractivity contribution is 6.30. The summed E-state index contributed by atoms with van der Waals surface area (Å²) in [5, 5.41) is 6.46. The summed E-state index contributed by atoms with van der Waals surface area (Å²) in [5.41, 5.74) is 1.52. The SMILES string of the molecule is COc1ccc(Nc2cc(C(=O)Nc3ccc(Cl)cc3)ncn2)c(OC)c1. The molecule has 0 bridgehead atoms. The van der Waals surface area contributed by atoms with Gasteiger partial charge in [-0.05, 0) is 36.4 Å². The molecule has 3 aromatic rings. The zero-order valence-corrected chi connectivity index (χ0v) is 15.4. The van der Waals surface area contributed by atoms with E-state index in [4.69, 9.17) is 21.1 Å². The van der Waals surface area contributed by atoms with Gasteiger partial charge in [0.15, 0.2) is 0 Å². The van der Waals surface area contributed by atoms with Crippen LogP contribution in [0, 0.1) is 0 Å². The van der Waals surface area contributed by atoms with Crippen molar-refractivity contribution in [2.45, 2.75) is 0 Å². The fourth-order valence-electron chi connectivity index (χ4n) is 2.32. The average Bonchev–Trinajstić information content (AvgIpc) is 2.70. The van der Waals surface area contributed by atoms with Crippen molar-refractivity contribution < 1.29 is 14.3 Å². The zero-order chi connectivity index (χ0) is 19.2. The molecule has 1 heterocycles. The number of nitrogens with zero attached hydrogens (tertiary/aromatic N) is 2. The Morgan fingerprint density at radius 2 is 1.78 bits per heavy atom. The molecule has 3 rings (SSSR count). The summed E-state index contributed by atoms with van der Waals surface area (Å²) < 4.78 is 10.5. The van der Waals surface area contributed by atoms with Crippen LogP contribution in [0.15, 0.2) is 54.9 Å². The van der Waals surface area contributed by atoms with Crippen molar-refractivity contribution in [3.63, 3.8) is 0 Å². The van der Waals surface area contributed by atoms with Crippen LogP contribution < -0.4 is 20.1 Å². The molecule has 0 atom stereocenters. The van der Waals surface area contributed by atoms with Gasteiger partial charge in [0.1, 0.15) is 29.3 Å². The molecule has 8 heteroatoms. The predicted octanol–water partition coefficient (Wildman–Crippen LogP) is 4.14. The average molecular weight is 385 g/mol. The van der Waals surface area contributed by atoms with Gasteiger partial charge in [0.25, 0.3) is 5.91 Å². The lowest BCUT2D eigenvalue weighted by molar-refractivity contribution is 0.102. The van der Waals surface area contributed by atoms with Gasteiger partial charge < -0.3 is 20.1 Å². The lowest BCUT2D eigenvalue weighted by Gasteiger charge is -2.12. The minimum Gasteiger partial charge on any atom is -0.497 e. The van der Waals surface area contributed by atoms with Crippen LogP contribution in [0.2, 0.25) is 5.02 Å². The summed E-state index contributed by atoms with van der Waals surface area (Å²) in [6.45, 7) is 0. The summed E-state index contributed by atoms with van der Waals surface area (Å²) in [6, 6.07) is 13.7. The van der Waals surface area contributed by atoms with Gasteiger partial charge >= 0.3 is 0 Å². The molecule has 0 saturated carbocycles. The fourth-order valence-corrected chi connectivity index (χ4v) is 2.44. The third-order valence-electron chi connectivity index (χ3n) is 3.67. The number of hydrogen-bond acceptors (Lipinski definition) is 6. The maximum absolute atomic E-state index is 12.4.